The first kappa shape index (κ1) is 32.2. The van der Waals surface area contributed by atoms with E-state index in [1.807, 2.05) is 0 Å². The average molecular weight is 671 g/mol. The number of hydrogen-bond acceptors (Lipinski definition) is 6. The number of sulfonamides is 2. The molecule has 5 N–H and O–H groups in total. The van der Waals surface area contributed by atoms with Gasteiger partial charge in [-0.25, -0.2) is 31.1 Å². The van der Waals surface area contributed by atoms with E-state index in [0.29, 0.717) is 8.95 Å². The molecule has 0 aliphatic heterocycles. The highest BCUT2D eigenvalue weighted by Crippen LogP contribution is 2.25. The average Bonchev–Trinajstić information content (AvgIpc) is 2.64. The van der Waals surface area contributed by atoms with Crippen molar-refractivity contribution in [2.45, 2.75) is 62.4 Å². The van der Waals surface area contributed by atoms with Crippen LogP contribution in [-0.2, 0) is 20.0 Å². The second-order valence-corrected chi connectivity index (χ2v) is 14.7. The summed E-state index contributed by atoms with van der Waals surface area (Å²) in [5.74, 6) is -1.84. The molecular weight excluding hydrogens is 642 g/mol. The van der Waals surface area contributed by atoms with Gasteiger partial charge in [-0.05, 0) is 110 Å². The number of hydrogen-bond donors (Lipinski definition) is 4. The van der Waals surface area contributed by atoms with Crippen molar-refractivity contribution in [1.82, 2.24) is 9.44 Å². The van der Waals surface area contributed by atoms with Crippen LogP contribution in [-0.4, -0.2) is 44.9 Å². The standard InChI is InChI=1S/C11H15BrN2O3S.C11H14BrNO4S/c1-11(2,3)14-18(16,17)9-6-7(10(13)15)4-5-8(9)12;1-11(2,3)13-18(16,17)9-6-7(10(14)15)4-5-8(9)12/h4-6,14H,1-3H3,(H2,13,15);4-6,13H,1-3H3,(H,14,15). The molecule has 36 heavy (non-hydrogen) atoms. The maximum Gasteiger partial charge on any atom is 0.335 e. The molecule has 10 nitrogen and oxygen atoms in total. The second-order valence-electron chi connectivity index (χ2n) is 9.67. The molecule has 0 radical (unpaired) electrons. The Morgan fingerprint density at radius 2 is 1.08 bits per heavy atom. The molecule has 0 aliphatic carbocycles. The lowest BCUT2D eigenvalue weighted by Crippen LogP contribution is -2.40. The van der Waals surface area contributed by atoms with Gasteiger partial charge in [0, 0.05) is 25.6 Å². The number of nitrogens with one attached hydrogen (secondary N) is 2. The Bertz CT molecular complexity index is 1260. The number of rotatable bonds is 6. The van der Waals surface area contributed by atoms with Crippen molar-refractivity contribution in [3.8, 4) is 0 Å². The summed E-state index contributed by atoms with van der Waals surface area (Å²) in [5.41, 5.74) is 3.95. The first-order valence-corrected chi connectivity index (χ1v) is 14.8. The topological polar surface area (TPSA) is 173 Å². The fourth-order valence-electron chi connectivity index (χ4n) is 2.62. The molecule has 200 valence electrons. The van der Waals surface area contributed by atoms with Gasteiger partial charge < -0.3 is 10.8 Å². The zero-order valence-electron chi connectivity index (χ0n) is 20.5. The first-order valence-electron chi connectivity index (χ1n) is 10.3. The maximum absolute atomic E-state index is 12.2. The number of nitrogens with two attached hydrogens (primary N) is 1. The molecule has 0 aliphatic rings. The Labute approximate surface area is 228 Å². The molecule has 0 heterocycles. The van der Waals surface area contributed by atoms with Crippen LogP contribution in [0.3, 0.4) is 0 Å². The zero-order chi connectivity index (χ0) is 28.3. The van der Waals surface area contributed by atoms with Crippen molar-refractivity contribution in [1.29, 1.82) is 0 Å². The second kappa shape index (κ2) is 11.7. The van der Waals surface area contributed by atoms with Gasteiger partial charge in [0.15, 0.2) is 0 Å². The number of primary amides is 1. The minimum atomic E-state index is -3.76. The minimum Gasteiger partial charge on any atom is -0.478 e. The van der Waals surface area contributed by atoms with Crippen LogP contribution >= 0.6 is 31.9 Å². The molecule has 2 aromatic carbocycles. The lowest BCUT2D eigenvalue weighted by atomic mass is 10.1. The van der Waals surface area contributed by atoms with E-state index >= 15 is 0 Å². The van der Waals surface area contributed by atoms with Crippen LogP contribution in [0.25, 0.3) is 0 Å². The summed E-state index contributed by atoms with van der Waals surface area (Å²) in [6.45, 7) is 10.3. The van der Waals surface area contributed by atoms with Crippen LogP contribution < -0.4 is 15.2 Å². The van der Waals surface area contributed by atoms with Gasteiger partial charge in [-0.15, -0.1) is 0 Å². The Hall–Kier alpha value is -1.84. The quantitative estimate of drug-likeness (QED) is 0.361. The van der Waals surface area contributed by atoms with Crippen molar-refractivity contribution in [2.24, 2.45) is 5.73 Å². The third kappa shape index (κ3) is 9.90. The van der Waals surface area contributed by atoms with E-state index in [-0.39, 0.29) is 20.9 Å². The number of aromatic carboxylic acids is 1. The van der Waals surface area contributed by atoms with Crippen molar-refractivity contribution >= 4 is 63.8 Å². The normalized spacial score (nSPS) is 12.4. The summed E-state index contributed by atoms with van der Waals surface area (Å²) in [6.07, 6.45) is 0. The van der Waals surface area contributed by atoms with E-state index in [4.69, 9.17) is 10.8 Å². The molecule has 0 bridgehead atoms. The summed E-state index contributed by atoms with van der Waals surface area (Å²) >= 11 is 6.26. The Morgan fingerprint density at radius 3 is 1.39 bits per heavy atom. The number of amides is 1. The Kier molecular flexibility index (Phi) is 10.5. The van der Waals surface area contributed by atoms with Gasteiger partial charge in [-0.3, -0.25) is 4.79 Å². The summed E-state index contributed by atoms with van der Waals surface area (Å²) < 4.78 is 54.2. The van der Waals surface area contributed by atoms with Crippen molar-refractivity contribution in [3.05, 3.63) is 56.5 Å². The SMILES string of the molecule is CC(C)(C)NS(=O)(=O)c1cc(C(=O)O)ccc1Br.CC(C)(C)NS(=O)(=O)c1cc(C(N)=O)ccc1Br. The number of carboxylic acid groups (broad SMARTS) is 1. The van der Waals surface area contributed by atoms with Gasteiger partial charge >= 0.3 is 5.97 Å². The van der Waals surface area contributed by atoms with Crippen LogP contribution in [0.1, 0.15) is 62.3 Å². The largest absolute Gasteiger partial charge is 0.478 e. The van der Waals surface area contributed by atoms with E-state index in [1.165, 1.54) is 30.3 Å². The molecule has 14 heteroatoms. The highest BCUT2D eigenvalue weighted by molar-refractivity contribution is 9.10. The number of carboxylic acids is 1. The fraction of sp³-hybridized carbons (Fsp3) is 0.364. The lowest BCUT2D eigenvalue weighted by molar-refractivity contribution is 0.0696. The predicted octanol–water partition coefficient (Wildman–Crippen LogP) is 3.85. The Morgan fingerprint density at radius 1 is 0.750 bits per heavy atom. The van der Waals surface area contributed by atoms with Crippen molar-refractivity contribution < 1.29 is 31.5 Å². The third-order valence-electron chi connectivity index (χ3n) is 3.85. The molecule has 0 spiro atoms. The van der Waals surface area contributed by atoms with Gasteiger partial charge in [0.2, 0.25) is 26.0 Å². The third-order valence-corrected chi connectivity index (χ3v) is 9.36. The highest BCUT2D eigenvalue weighted by atomic mass is 79.9. The smallest absolute Gasteiger partial charge is 0.335 e. The zero-order valence-corrected chi connectivity index (χ0v) is 25.3. The number of benzene rings is 2. The molecule has 0 aromatic heterocycles. The number of carbonyl (C=O) groups excluding carboxylic acids is 1. The van der Waals surface area contributed by atoms with Crippen molar-refractivity contribution in [2.75, 3.05) is 0 Å². The summed E-state index contributed by atoms with van der Waals surface area (Å²) in [7, 11) is -7.47. The van der Waals surface area contributed by atoms with Crippen LogP contribution in [0.2, 0.25) is 0 Å². The van der Waals surface area contributed by atoms with E-state index < -0.39 is 43.0 Å². The van der Waals surface area contributed by atoms with Gasteiger partial charge in [0.05, 0.1) is 15.4 Å². The molecule has 2 aromatic rings. The molecule has 1 amide bonds. The van der Waals surface area contributed by atoms with Crippen molar-refractivity contribution in [3.63, 3.8) is 0 Å². The molecule has 0 atom stereocenters. The molecule has 0 saturated heterocycles. The first-order chi connectivity index (χ1) is 16.1. The van der Waals surface area contributed by atoms with Crippen LogP contribution in [0, 0.1) is 0 Å². The maximum atomic E-state index is 12.2. The fourth-order valence-corrected chi connectivity index (χ4v) is 7.44. The van der Waals surface area contributed by atoms with Crippen LogP contribution in [0.4, 0.5) is 0 Å². The lowest BCUT2D eigenvalue weighted by Gasteiger charge is -2.21. The monoisotopic (exact) mass is 669 g/mol. The van der Waals surface area contributed by atoms with Crippen LogP contribution in [0.5, 0.6) is 0 Å². The van der Waals surface area contributed by atoms with Gasteiger partial charge in [0.25, 0.3) is 0 Å². The number of halogens is 2. The summed E-state index contributed by atoms with van der Waals surface area (Å²) in [5, 5.41) is 8.87. The molecule has 2 rings (SSSR count). The van der Waals surface area contributed by atoms with E-state index in [1.54, 1.807) is 41.5 Å². The van der Waals surface area contributed by atoms with Gasteiger partial charge in [0.1, 0.15) is 0 Å². The highest BCUT2D eigenvalue weighted by Gasteiger charge is 2.26. The summed E-state index contributed by atoms with van der Waals surface area (Å²) in [6, 6.07) is 8.06. The van der Waals surface area contributed by atoms with Crippen LogP contribution in [0.15, 0.2) is 55.1 Å². The minimum absolute atomic E-state index is 0.00581. The van der Waals surface area contributed by atoms with E-state index in [2.05, 4.69) is 41.3 Å². The molecule has 0 unspecified atom stereocenters. The molecular formula is C22H29Br2N3O7S2. The number of carbonyl (C=O) groups is 2. The van der Waals surface area contributed by atoms with Gasteiger partial charge in [-0.1, -0.05) is 0 Å². The Balaban J connectivity index is 0.000000360. The summed E-state index contributed by atoms with van der Waals surface area (Å²) in [4.78, 5) is 21.8. The van der Waals surface area contributed by atoms with Gasteiger partial charge in [-0.2, -0.15) is 0 Å². The predicted molar refractivity (Wildman–Crippen MR) is 144 cm³/mol. The van der Waals surface area contributed by atoms with E-state index in [9.17, 15) is 26.4 Å². The molecule has 0 saturated carbocycles. The molecule has 0 fully saturated rings. The van der Waals surface area contributed by atoms with E-state index in [0.717, 1.165) is 6.07 Å².